The number of aliphatic hydroxyl groups is 1. The summed E-state index contributed by atoms with van der Waals surface area (Å²) in [6, 6.07) is 0. The molecule has 12 heavy (non-hydrogen) atoms. The van der Waals surface area contributed by atoms with Crippen molar-refractivity contribution < 1.29 is 14.6 Å². The number of ether oxygens (including phenoxy) is 1. The van der Waals surface area contributed by atoms with Crippen LogP contribution in [0.1, 0.15) is 33.1 Å². The van der Waals surface area contributed by atoms with E-state index in [0.29, 0.717) is 18.9 Å². The molecule has 0 aliphatic rings. The Morgan fingerprint density at radius 1 is 1.58 bits per heavy atom. The lowest BCUT2D eigenvalue weighted by Crippen LogP contribution is -2.09. The minimum absolute atomic E-state index is 0.136. The molecule has 0 aliphatic carbocycles. The van der Waals surface area contributed by atoms with Crippen LogP contribution in [0.5, 0.6) is 0 Å². The summed E-state index contributed by atoms with van der Waals surface area (Å²) in [4.78, 5) is 10.9. The summed E-state index contributed by atoms with van der Waals surface area (Å²) in [7, 11) is 0. The predicted octanol–water partition coefficient (Wildman–Crippen LogP) is 1.35. The number of hydrogen-bond donors (Lipinski definition) is 1. The smallest absolute Gasteiger partial charge is 0.306 e. The van der Waals surface area contributed by atoms with Gasteiger partial charge in [0.15, 0.2) is 0 Å². The average molecular weight is 174 g/mol. The van der Waals surface area contributed by atoms with Crippen LogP contribution in [0.4, 0.5) is 0 Å². The molecule has 0 aliphatic heterocycles. The molecule has 0 bridgehead atoms. The van der Waals surface area contributed by atoms with Crippen LogP contribution in [0.3, 0.4) is 0 Å². The van der Waals surface area contributed by atoms with Gasteiger partial charge >= 0.3 is 5.97 Å². The highest BCUT2D eigenvalue weighted by molar-refractivity contribution is 5.69. The zero-order chi connectivity index (χ0) is 9.40. The fraction of sp³-hybridized carbons (Fsp3) is 0.889. The van der Waals surface area contributed by atoms with Gasteiger partial charge in [0.2, 0.25) is 0 Å². The fourth-order valence-electron chi connectivity index (χ4n) is 1.05. The SMILES string of the molecule is CCOC(=O)CC(C)CCCO. The van der Waals surface area contributed by atoms with Crippen molar-refractivity contribution in [3.05, 3.63) is 0 Å². The fourth-order valence-corrected chi connectivity index (χ4v) is 1.05. The van der Waals surface area contributed by atoms with Crippen molar-refractivity contribution in [2.45, 2.75) is 33.1 Å². The molecule has 0 saturated carbocycles. The molecule has 0 spiro atoms. The van der Waals surface area contributed by atoms with Crippen molar-refractivity contribution in [1.82, 2.24) is 0 Å². The third-order valence-electron chi connectivity index (χ3n) is 1.68. The van der Waals surface area contributed by atoms with Crippen LogP contribution in [0, 0.1) is 5.92 Å². The second-order valence-electron chi connectivity index (χ2n) is 2.98. The van der Waals surface area contributed by atoms with E-state index >= 15 is 0 Å². The monoisotopic (exact) mass is 174 g/mol. The summed E-state index contributed by atoms with van der Waals surface area (Å²) in [6.45, 7) is 4.45. The van der Waals surface area contributed by atoms with E-state index in [1.54, 1.807) is 6.92 Å². The molecule has 0 aromatic rings. The van der Waals surface area contributed by atoms with E-state index in [0.717, 1.165) is 12.8 Å². The quantitative estimate of drug-likeness (QED) is 0.618. The van der Waals surface area contributed by atoms with Crippen molar-refractivity contribution in [2.24, 2.45) is 5.92 Å². The summed E-state index contributed by atoms with van der Waals surface area (Å²) in [5, 5.41) is 8.54. The highest BCUT2D eigenvalue weighted by Crippen LogP contribution is 2.10. The molecular weight excluding hydrogens is 156 g/mol. The van der Waals surface area contributed by atoms with Crippen molar-refractivity contribution in [2.75, 3.05) is 13.2 Å². The molecular formula is C9H18O3. The molecule has 0 heterocycles. The van der Waals surface area contributed by atoms with Gasteiger partial charge in [-0.2, -0.15) is 0 Å². The third kappa shape index (κ3) is 6.16. The maximum absolute atomic E-state index is 10.9. The molecule has 0 amide bonds. The van der Waals surface area contributed by atoms with Gasteiger partial charge in [0.25, 0.3) is 0 Å². The molecule has 0 aromatic carbocycles. The lowest BCUT2D eigenvalue weighted by atomic mass is 10.0. The maximum atomic E-state index is 10.9. The lowest BCUT2D eigenvalue weighted by molar-refractivity contribution is -0.144. The second-order valence-corrected chi connectivity index (χ2v) is 2.98. The van der Waals surface area contributed by atoms with E-state index in [1.165, 1.54) is 0 Å². The summed E-state index contributed by atoms with van der Waals surface area (Å²) in [5.41, 5.74) is 0. The first-order chi connectivity index (χ1) is 5.70. The highest BCUT2D eigenvalue weighted by atomic mass is 16.5. The first-order valence-corrected chi connectivity index (χ1v) is 4.47. The number of rotatable bonds is 6. The summed E-state index contributed by atoms with van der Waals surface area (Å²) < 4.78 is 4.79. The van der Waals surface area contributed by atoms with E-state index < -0.39 is 0 Å². The number of esters is 1. The number of hydrogen-bond acceptors (Lipinski definition) is 3. The minimum atomic E-state index is -0.136. The molecule has 0 rings (SSSR count). The predicted molar refractivity (Wildman–Crippen MR) is 46.7 cm³/mol. The zero-order valence-corrected chi connectivity index (χ0v) is 7.88. The van der Waals surface area contributed by atoms with E-state index in [-0.39, 0.29) is 12.6 Å². The lowest BCUT2D eigenvalue weighted by Gasteiger charge is -2.08. The Morgan fingerprint density at radius 2 is 2.25 bits per heavy atom. The summed E-state index contributed by atoms with van der Waals surface area (Å²) in [5.74, 6) is 0.180. The molecule has 1 unspecified atom stereocenters. The normalized spacial score (nSPS) is 12.6. The van der Waals surface area contributed by atoms with Gasteiger partial charge in [-0.15, -0.1) is 0 Å². The Morgan fingerprint density at radius 3 is 2.75 bits per heavy atom. The average Bonchev–Trinajstić information content (AvgIpc) is 2.01. The molecule has 3 nitrogen and oxygen atoms in total. The van der Waals surface area contributed by atoms with Crippen LogP contribution in [-0.2, 0) is 9.53 Å². The Hall–Kier alpha value is -0.570. The Labute approximate surface area is 73.7 Å². The van der Waals surface area contributed by atoms with E-state index in [4.69, 9.17) is 9.84 Å². The van der Waals surface area contributed by atoms with Crippen LogP contribution >= 0.6 is 0 Å². The number of carbonyl (C=O) groups excluding carboxylic acids is 1. The Balaban J connectivity index is 3.40. The standard InChI is InChI=1S/C9H18O3/c1-3-12-9(11)7-8(2)5-4-6-10/h8,10H,3-7H2,1-2H3. The molecule has 0 fully saturated rings. The summed E-state index contributed by atoms with van der Waals surface area (Å²) in [6.07, 6.45) is 2.11. The van der Waals surface area contributed by atoms with Crippen LogP contribution in [0.25, 0.3) is 0 Å². The molecule has 0 aromatic heterocycles. The highest BCUT2D eigenvalue weighted by Gasteiger charge is 2.08. The number of carbonyl (C=O) groups is 1. The van der Waals surface area contributed by atoms with Crippen LogP contribution in [-0.4, -0.2) is 24.3 Å². The molecule has 3 heteroatoms. The van der Waals surface area contributed by atoms with Crippen LogP contribution < -0.4 is 0 Å². The third-order valence-corrected chi connectivity index (χ3v) is 1.68. The molecule has 1 atom stereocenters. The Bertz CT molecular complexity index is 123. The largest absolute Gasteiger partial charge is 0.466 e. The first kappa shape index (κ1) is 11.4. The van der Waals surface area contributed by atoms with Crippen LogP contribution in [0.2, 0.25) is 0 Å². The molecule has 1 N–H and O–H groups in total. The van der Waals surface area contributed by atoms with Crippen molar-refractivity contribution in [3.63, 3.8) is 0 Å². The van der Waals surface area contributed by atoms with Gasteiger partial charge in [-0.3, -0.25) is 4.79 Å². The van der Waals surface area contributed by atoms with Gasteiger partial charge in [-0.25, -0.2) is 0 Å². The maximum Gasteiger partial charge on any atom is 0.306 e. The summed E-state index contributed by atoms with van der Waals surface area (Å²) >= 11 is 0. The molecule has 0 radical (unpaired) electrons. The molecule has 72 valence electrons. The van der Waals surface area contributed by atoms with Gasteiger partial charge in [-0.05, 0) is 25.7 Å². The first-order valence-electron chi connectivity index (χ1n) is 4.47. The Kier molecular flexibility index (Phi) is 6.76. The van der Waals surface area contributed by atoms with Crippen molar-refractivity contribution in [3.8, 4) is 0 Å². The van der Waals surface area contributed by atoms with Gasteiger partial charge < -0.3 is 9.84 Å². The van der Waals surface area contributed by atoms with Crippen molar-refractivity contribution >= 4 is 5.97 Å². The van der Waals surface area contributed by atoms with E-state index in [2.05, 4.69) is 0 Å². The van der Waals surface area contributed by atoms with Gasteiger partial charge in [-0.1, -0.05) is 6.92 Å². The minimum Gasteiger partial charge on any atom is -0.466 e. The van der Waals surface area contributed by atoms with Crippen molar-refractivity contribution in [1.29, 1.82) is 0 Å². The van der Waals surface area contributed by atoms with Crippen LogP contribution in [0.15, 0.2) is 0 Å². The number of aliphatic hydroxyl groups excluding tert-OH is 1. The van der Waals surface area contributed by atoms with Gasteiger partial charge in [0.05, 0.1) is 6.61 Å². The van der Waals surface area contributed by atoms with Gasteiger partial charge in [0.1, 0.15) is 0 Å². The van der Waals surface area contributed by atoms with E-state index in [9.17, 15) is 4.79 Å². The topological polar surface area (TPSA) is 46.5 Å². The van der Waals surface area contributed by atoms with Gasteiger partial charge in [0, 0.05) is 13.0 Å². The second kappa shape index (κ2) is 7.10. The zero-order valence-electron chi connectivity index (χ0n) is 7.88. The molecule has 0 saturated heterocycles. The van der Waals surface area contributed by atoms with E-state index in [1.807, 2.05) is 6.92 Å².